The highest BCUT2D eigenvalue weighted by Gasteiger charge is 2.66. The molecule has 6 aliphatic carbocycles. The van der Waals surface area contributed by atoms with Gasteiger partial charge in [0.15, 0.2) is 22.3 Å². The van der Waals surface area contributed by atoms with Crippen LogP contribution in [0.2, 0.25) is 0 Å². The van der Waals surface area contributed by atoms with Crippen LogP contribution in [0.3, 0.4) is 0 Å². The quantitative estimate of drug-likeness (QED) is 0.164. The van der Waals surface area contributed by atoms with Gasteiger partial charge in [0.2, 0.25) is 11.4 Å². The second-order valence-corrected chi connectivity index (χ2v) is 46.0. The molecule has 128 heavy (non-hydrogen) atoms. The highest BCUT2D eigenvalue weighted by Crippen LogP contribution is 2.69. The predicted molar refractivity (Wildman–Crippen MR) is 536 cm³/mol. The highest BCUT2D eigenvalue weighted by atomic mass is 16.3. The third-order valence-electron chi connectivity index (χ3n) is 35.3. The third kappa shape index (κ3) is 13.6. The summed E-state index contributed by atoms with van der Waals surface area (Å²) < 4.78 is 25.4. The lowest BCUT2D eigenvalue weighted by Crippen LogP contribution is -2.60. The monoisotopic (exact) mass is 1710 g/mol. The normalized spacial score (nSPS) is 26.8. The van der Waals surface area contributed by atoms with Crippen molar-refractivity contribution in [3.8, 4) is 0 Å². The molecule has 12 nitrogen and oxygen atoms in total. The maximum absolute atomic E-state index is 6.45. The van der Waals surface area contributed by atoms with E-state index in [4.69, 9.17) is 22.7 Å². The molecule has 14 aromatic rings. The van der Waals surface area contributed by atoms with Crippen molar-refractivity contribution < 1.29 is 17.7 Å². The minimum Gasteiger partial charge on any atom is -0.454 e. The standard InChI is InChI=1S/C25H31NO.C24H30N2O.C24H28N2.C22H27NO.C21H26N2O/c1-17-12-13-20-19-10-6-7-11-21(19)27-23(20)22(17)26-18(2)25(16-24(26,3)4)14-8-5-9-15-25;1-16-10-11-18-19-9-8-14-25-22(19)27-21(18)20(16)26-17(2)24(15-23(26,3)4)12-6-5-7-13-24;1-15-6-3-4-8-22(15)26-16(2)24(21-7-5-9-25-23(21)26)19-11-17-10-18(13-19)14-20(24)12-17;1-14-11-12-17-16-9-7-8-10-18(16)24-20(17)19(14)23-15(2)21(3,4)13-22(23,5)6;1-13-9-10-15-16-8-7-11-22-19(16)24-18(15)17(13)23-14(2)20(3,4)12-21(23,5)6/h6-7,10-13,18H,5,8-9,14-16H2,1-4H3;8-11,14,17H,5-7,12-13,15H2,1-4H3;3-9,16-20H,10-14H2,1-2H3;7-12,15H,13H2,1-6H3;7-11,14H,12H2,1-6H3/t18-;17-;16-,17?,18?,19?,20?,24?;15-;14-/m00000/s1. The lowest BCUT2D eigenvalue weighted by Gasteiger charge is -2.62. The zero-order valence-electron chi connectivity index (χ0n) is 81.1. The summed E-state index contributed by atoms with van der Waals surface area (Å²) in [4.78, 5) is 27.0. The molecule has 6 saturated carbocycles. The maximum atomic E-state index is 6.45. The van der Waals surface area contributed by atoms with Gasteiger partial charge in [0.05, 0.1) is 22.7 Å². The fourth-order valence-corrected chi connectivity index (χ4v) is 30.2. The molecule has 10 fully saturated rings. The highest BCUT2D eigenvalue weighted by molar-refractivity contribution is 6.12. The number of nitrogens with zero attached hydrogens (tertiary/aromatic N) is 8. The van der Waals surface area contributed by atoms with Gasteiger partial charge in [0.25, 0.3) is 0 Å². The first-order chi connectivity index (χ1) is 61.0. The van der Waals surface area contributed by atoms with Crippen LogP contribution in [-0.4, -0.2) is 67.3 Å². The molecular formula is C116H142N8O4. The van der Waals surface area contributed by atoms with Crippen molar-refractivity contribution in [2.24, 2.45) is 45.3 Å². The van der Waals surface area contributed by atoms with Crippen LogP contribution < -0.4 is 24.5 Å². The number of hydrogen-bond donors (Lipinski definition) is 0. The van der Waals surface area contributed by atoms with Gasteiger partial charge in [-0.15, -0.1) is 0 Å². The van der Waals surface area contributed by atoms with Gasteiger partial charge >= 0.3 is 0 Å². The van der Waals surface area contributed by atoms with Crippen LogP contribution in [0.15, 0.2) is 194 Å². The van der Waals surface area contributed by atoms with Gasteiger partial charge in [-0.2, -0.15) is 0 Å². The molecule has 5 aliphatic heterocycles. The molecule has 0 amide bonds. The number of fused-ring (bicyclic) bond motifs is 13. The molecule has 0 radical (unpaired) electrons. The number of furan rings is 4. The van der Waals surface area contributed by atoms with Gasteiger partial charge in [-0.05, 0) is 330 Å². The van der Waals surface area contributed by atoms with Gasteiger partial charge in [-0.3, -0.25) is 0 Å². The Balaban J connectivity index is 0.000000101. The van der Waals surface area contributed by atoms with Crippen molar-refractivity contribution in [1.82, 2.24) is 15.0 Å². The number of aryl methyl sites for hydroxylation is 5. The maximum Gasteiger partial charge on any atom is 0.227 e. The zero-order chi connectivity index (χ0) is 89.6. The molecule has 3 spiro atoms. The molecule has 25 rings (SSSR count). The number of anilines is 6. The molecule has 0 unspecified atom stereocenters. The van der Waals surface area contributed by atoms with E-state index in [1.54, 1.807) is 11.8 Å². The van der Waals surface area contributed by atoms with Crippen LogP contribution >= 0.6 is 0 Å². The van der Waals surface area contributed by atoms with E-state index >= 15 is 0 Å². The van der Waals surface area contributed by atoms with Crippen molar-refractivity contribution in [1.29, 1.82) is 0 Å². The number of rotatable bonds is 5. The number of para-hydroxylation sites is 3. The van der Waals surface area contributed by atoms with Gasteiger partial charge in [0, 0.05) is 131 Å². The molecule has 4 bridgehead atoms. The fraction of sp³-hybridized carbons (Fsp3) is 0.509. The van der Waals surface area contributed by atoms with Crippen molar-refractivity contribution >= 4 is 122 Å². The first-order valence-corrected chi connectivity index (χ1v) is 49.3. The summed E-state index contributed by atoms with van der Waals surface area (Å²) >= 11 is 0. The Kier molecular flexibility index (Phi) is 21.0. The number of benzene rings is 7. The molecule has 12 heteroatoms. The van der Waals surface area contributed by atoms with E-state index in [0.29, 0.717) is 46.5 Å². The van der Waals surface area contributed by atoms with E-state index in [-0.39, 0.29) is 33.0 Å². The number of pyridine rings is 3. The van der Waals surface area contributed by atoms with Crippen LogP contribution in [-0.2, 0) is 5.41 Å². The minimum absolute atomic E-state index is 0.0916. The first kappa shape index (κ1) is 86.2. The molecule has 5 atom stereocenters. The lowest BCUT2D eigenvalue weighted by atomic mass is 9.43. The van der Waals surface area contributed by atoms with Crippen LogP contribution in [0.25, 0.3) is 88.0 Å². The summed E-state index contributed by atoms with van der Waals surface area (Å²) in [6.07, 6.45) is 31.7. The first-order valence-electron chi connectivity index (χ1n) is 49.3. The molecule has 7 aromatic heterocycles. The molecule has 4 saturated heterocycles. The van der Waals surface area contributed by atoms with Gasteiger partial charge < -0.3 is 42.2 Å². The van der Waals surface area contributed by atoms with E-state index in [2.05, 4.69) is 326 Å². The number of hydrogen-bond acceptors (Lipinski definition) is 12. The summed E-state index contributed by atoms with van der Waals surface area (Å²) in [5.74, 6) is 4.95. The van der Waals surface area contributed by atoms with Crippen molar-refractivity contribution in [2.45, 2.75) is 332 Å². The van der Waals surface area contributed by atoms with Gasteiger partial charge in [0.1, 0.15) is 17.0 Å². The van der Waals surface area contributed by atoms with Crippen LogP contribution in [0.5, 0.6) is 0 Å². The third-order valence-corrected chi connectivity index (χ3v) is 35.3. The SMILES string of the molecule is Cc1ccc2c(oc3ccccc32)c1N1[C@@H](C)C(C)(C)CC1(C)C.Cc1ccc2c(oc3ccccc32)c1N1[C@@H](C)C2(CCCCC2)CC1(C)C.Cc1ccc2c(oc3ncccc32)c1N1[C@@H](C)C(C)(C)CC1(C)C.Cc1ccc2c(oc3ncccc32)c1N1[C@@H](C)C2(CCCCC2)CC1(C)C.Cc1ccccc1N1c2ncccc2C2(C3CC4CC(C3)CC2C4)[C@@H]1C. The summed E-state index contributed by atoms with van der Waals surface area (Å²) in [6.45, 7) is 51.9. The van der Waals surface area contributed by atoms with Gasteiger partial charge in [-0.25, -0.2) is 15.0 Å². The van der Waals surface area contributed by atoms with Gasteiger partial charge in [-0.1, -0.05) is 175 Å². The summed E-state index contributed by atoms with van der Waals surface area (Å²) in [5, 5.41) is 9.46. The Morgan fingerprint density at radius 3 is 1.05 bits per heavy atom. The summed E-state index contributed by atoms with van der Waals surface area (Å²) in [6, 6.07) is 58.7. The Hall–Kier alpha value is -9.81. The van der Waals surface area contributed by atoms with Crippen molar-refractivity contribution in [3.63, 3.8) is 0 Å². The minimum atomic E-state index is 0.0916. The topological polar surface area (TPSA) is 107 Å². The average Bonchev–Trinajstić information content (AvgIpc) is 1.37. The Labute approximate surface area is 761 Å². The zero-order valence-corrected chi connectivity index (χ0v) is 81.1. The summed E-state index contributed by atoms with van der Waals surface area (Å²) in [5.41, 5.74) is 24.3. The smallest absolute Gasteiger partial charge is 0.227 e. The van der Waals surface area contributed by atoms with Crippen LogP contribution in [0.4, 0.5) is 34.3 Å². The van der Waals surface area contributed by atoms with Crippen LogP contribution in [0.1, 0.15) is 273 Å². The molecular weight excluding hydrogens is 1570 g/mol. The average molecular weight is 1710 g/mol. The van der Waals surface area contributed by atoms with E-state index in [1.807, 2.05) is 30.6 Å². The number of aromatic nitrogens is 3. The molecule has 12 heterocycles. The second kappa shape index (κ2) is 31.2. The van der Waals surface area contributed by atoms with Crippen LogP contribution in [0, 0.1) is 80.0 Å². The fourth-order valence-electron chi connectivity index (χ4n) is 30.2. The predicted octanol–water partition coefficient (Wildman–Crippen LogP) is 31.5. The molecule has 7 aromatic carbocycles. The van der Waals surface area contributed by atoms with Crippen molar-refractivity contribution in [2.75, 3.05) is 24.5 Å². The van der Waals surface area contributed by atoms with E-state index in [0.717, 1.165) is 91.2 Å². The molecule has 11 aliphatic rings. The molecule has 0 N–H and O–H groups in total. The Morgan fingerprint density at radius 2 is 0.648 bits per heavy atom. The van der Waals surface area contributed by atoms with E-state index in [1.165, 1.54) is 205 Å². The Morgan fingerprint density at radius 1 is 0.305 bits per heavy atom. The van der Waals surface area contributed by atoms with E-state index < -0.39 is 0 Å². The van der Waals surface area contributed by atoms with E-state index in [9.17, 15) is 0 Å². The molecule has 670 valence electrons. The summed E-state index contributed by atoms with van der Waals surface area (Å²) in [7, 11) is 0. The largest absolute Gasteiger partial charge is 0.454 e. The Bertz CT molecular complexity index is 6230. The van der Waals surface area contributed by atoms with Crippen molar-refractivity contribution in [3.05, 3.63) is 210 Å². The lowest BCUT2D eigenvalue weighted by molar-refractivity contribution is -0.0654. The second-order valence-electron chi connectivity index (χ2n) is 46.0.